The largest absolute Gasteiger partial charge is 0.481 e. The van der Waals surface area contributed by atoms with E-state index in [1.54, 1.807) is 11.8 Å². The first kappa shape index (κ1) is 17.9. The van der Waals surface area contributed by atoms with Gasteiger partial charge in [0.15, 0.2) is 11.0 Å². The van der Waals surface area contributed by atoms with E-state index in [-0.39, 0.29) is 11.8 Å². The molecule has 25 heavy (non-hydrogen) atoms. The Morgan fingerprint density at radius 1 is 1.24 bits per heavy atom. The van der Waals surface area contributed by atoms with Crippen molar-refractivity contribution in [3.63, 3.8) is 0 Å². The molecule has 1 N–H and O–H groups in total. The van der Waals surface area contributed by atoms with Crippen molar-refractivity contribution >= 4 is 17.7 Å². The third-order valence-electron chi connectivity index (χ3n) is 4.31. The molecule has 0 spiro atoms. The lowest BCUT2D eigenvalue weighted by molar-refractivity contribution is -0.137. The van der Waals surface area contributed by atoms with Gasteiger partial charge in [0, 0.05) is 18.5 Å². The lowest BCUT2D eigenvalue weighted by Gasteiger charge is -2.27. The highest BCUT2D eigenvalue weighted by molar-refractivity contribution is 7.99. The molecule has 0 bridgehead atoms. The molecule has 0 radical (unpaired) electrons. The van der Waals surface area contributed by atoms with Gasteiger partial charge in [0.2, 0.25) is 0 Å². The number of hydrogen-bond acceptors (Lipinski definition) is 5. The summed E-state index contributed by atoms with van der Waals surface area (Å²) in [5, 5.41) is 18.4. The molecule has 6 nitrogen and oxygen atoms in total. The van der Waals surface area contributed by atoms with Gasteiger partial charge in [-0.2, -0.15) is 0 Å². The summed E-state index contributed by atoms with van der Waals surface area (Å²) in [6, 6.07) is 8.51. The van der Waals surface area contributed by atoms with E-state index in [4.69, 9.17) is 5.11 Å². The van der Waals surface area contributed by atoms with Gasteiger partial charge >= 0.3 is 5.97 Å². The van der Waals surface area contributed by atoms with Gasteiger partial charge in [0.25, 0.3) is 0 Å². The Morgan fingerprint density at radius 3 is 2.60 bits per heavy atom. The lowest BCUT2D eigenvalue weighted by atomic mass is 9.87. The van der Waals surface area contributed by atoms with Crippen LogP contribution in [0.4, 0.5) is 0 Å². The third kappa shape index (κ3) is 4.22. The van der Waals surface area contributed by atoms with Gasteiger partial charge in [-0.1, -0.05) is 56.8 Å². The summed E-state index contributed by atoms with van der Waals surface area (Å²) in [6.45, 7) is 8.07. The maximum absolute atomic E-state index is 10.7. The number of carbonyl (C=O) groups is 1. The van der Waals surface area contributed by atoms with E-state index in [1.807, 2.05) is 0 Å². The van der Waals surface area contributed by atoms with Crippen molar-refractivity contribution in [2.75, 3.05) is 12.4 Å². The standard InChI is InChI=1S/C18H24N4O2S/c1-18(2,3)14-8-6-13(7-9-14)16-19-20-17-22(16)11-21(12-25-17)10-4-5-15(23)24/h6-9H,4-5,10-12H2,1-3H3,(H,23,24). The average Bonchev–Trinajstić information content (AvgIpc) is 2.97. The predicted molar refractivity (Wildman–Crippen MR) is 98.5 cm³/mol. The molecule has 1 aromatic carbocycles. The molecule has 0 saturated heterocycles. The van der Waals surface area contributed by atoms with Gasteiger partial charge in [0.05, 0.1) is 12.5 Å². The molecule has 7 heteroatoms. The summed E-state index contributed by atoms with van der Waals surface area (Å²) in [5.41, 5.74) is 2.47. The van der Waals surface area contributed by atoms with E-state index in [1.165, 1.54) is 5.56 Å². The van der Waals surface area contributed by atoms with E-state index < -0.39 is 5.97 Å². The molecule has 0 unspecified atom stereocenters. The van der Waals surface area contributed by atoms with Crippen molar-refractivity contribution in [3.8, 4) is 11.4 Å². The van der Waals surface area contributed by atoms with Crippen LogP contribution in [0.3, 0.4) is 0 Å². The summed E-state index contributed by atoms with van der Waals surface area (Å²) in [6.07, 6.45) is 0.861. The Bertz CT molecular complexity index is 749. The molecule has 1 aromatic heterocycles. The Labute approximate surface area is 152 Å². The quantitative estimate of drug-likeness (QED) is 0.881. The molecule has 1 aliphatic heterocycles. The number of fused-ring (bicyclic) bond motifs is 1. The van der Waals surface area contributed by atoms with Crippen molar-refractivity contribution in [2.24, 2.45) is 0 Å². The number of thioether (sulfide) groups is 1. The number of carboxylic acid groups (broad SMARTS) is 1. The molecule has 3 rings (SSSR count). The second-order valence-corrected chi connectivity index (χ2v) is 8.28. The van der Waals surface area contributed by atoms with Gasteiger partial charge in [-0.25, -0.2) is 0 Å². The zero-order chi connectivity index (χ0) is 18.0. The predicted octanol–water partition coefficient (Wildman–Crippen LogP) is 3.43. The molecule has 134 valence electrons. The zero-order valence-electron chi connectivity index (χ0n) is 14.9. The minimum atomic E-state index is -0.741. The second kappa shape index (κ2) is 7.17. The van der Waals surface area contributed by atoms with Crippen LogP contribution in [0.25, 0.3) is 11.4 Å². The average molecular weight is 360 g/mol. The smallest absolute Gasteiger partial charge is 0.303 e. The molecule has 0 amide bonds. The molecule has 0 atom stereocenters. The van der Waals surface area contributed by atoms with Gasteiger partial charge in [-0.05, 0) is 17.4 Å². The topological polar surface area (TPSA) is 71.2 Å². The summed E-state index contributed by atoms with van der Waals surface area (Å²) in [4.78, 5) is 12.9. The molecule has 0 aliphatic carbocycles. The number of aromatic nitrogens is 3. The minimum Gasteiger partial charge on any atom is -0.481 e. The normalized spacial score (nSPS) is 15.2. The maximum Gasteiger partial charge on any atom is 0.303 e. The summed E-state index contributed by atoms with van der Waals surface area (Å²) < 4.78 is 2.11. The van der Waals surface area contributed by atoms with Crippen molar-refractivity contribution in [1.29, 1.82) is 0 Å². The zero-order valence-corrected chi connectivity index (χ0v) is 15.7. The van der Waals surface area contributed by atoms with Crippen LogP contribution in [-0.2, 0) is 16.9 Å². The van der Waals surface area contributed by atoms with E-state index >= 15 is 0 Å². The van der Waals surface area contributed by atoms with Crippen LogP contribution in [0.2, 0.25) is 0 Å². The van der Waals surface area contributed by atoms with Crippen LogP contribution in [-0.4, -0.2) is 43.2 Å². The van der Waals surface area contributed by atoms with Gasteiger partial charge in [-0.3, -0.25) is 14.3 Å². The Hall–Kier alpha value is -1.86. The number of rotatable bonds is 5. The van der Waals surface area contributed by atoms with Gasteiger partial charge in [-0.15, -0.1) is 10.2 Å². The molecular formula is C18H24N4O2S. The SMILES string of the molecule is CC(C)(C)c1ccc(-c2nnc3n2CN(CCCC(=O)O)CS3)cc1. The van der Waals surface area contributed by atoms with Gasteiger partial charge in [0.1, 0.15) is 0 Å². The van der Waals surface area contributed by atoms with Crippen LogP contribution in [0, 0.1) is 0 Å². The summed E-state index contributed by atoms with van der Waals surface area (Å²) in [5.74, 6) is 0.945. The first-order valence-electron chi connectivity index (χ1n) is 8.45. The number of aliphatic carboxylic acids is 1. The van der Waals surface area contributed by atoms with Crippen molar-refractivity contribution in [1.82, 2.24) is 19.7 Å². The number of carboxylic acids is 1. The fourth-order valence-corrected chi connectivity index (χ4v) is 3.74. The first-order chi connectivity index (χ1) is 11.8. The van der Waals surface area contributed by atoms with Crippen LogP contribution in [0.15, 0.2) is 29.4 Å². The number of benzene rings is 1. The van der Waals surface area contributed by atoms with E-state index in [0.717, 1.165) is 29.0 Å². The van der Waals surface area contributed by atoms with E-state index in [0.29, 0.717) is 13.1 Å². The van der Waals surface area contributed by atoms with E-state index in [2.05, 4.69) is 64.7 Å². The molecule has 0 fully saturated rings. The maximum atomic E-state index is 10.7. The molecule has 2 heterocycles. The minimum absolute atomic E-state index is 0.125. The third-order valence-corrected chi connectivity index (χ3v) is 5.36. The van der Waals surface area contributed by atoms with Crippen molar-refractivity contribution in [2.45, 2.75) is 50.9 Å². The lowest BCUT2D eigenvalue weighted by Crippen LogP contribution is -2.31. The van der Waals surface area contributed by atoms with Crippen LogP contribution >= 0.6 is 11.8 Å². The van der Waals surface area contributed by atoms with E-state index in [9.17, 15) is 4.79 Å². The molecule has 0 saturated carbocycles. The van der Waals surface area contributed by atoms with Crippen LogP contribution in [0.5, 0.6) is 0 Å². The van der Waals surface area contributed by atoms with Gasteiger partial charge < -0.3 is 5.11 Å². The highest BCUT2D eigenvalue weighted by Gasteiger charge is 2.22. The summed E-state index contributed by atoms with van der Waals surface area (Å²) in [7, 11) is 0. The van der Waals surface area contributed by atoms with Crippen molar-refractivity contribution < 1.29 is 9.90 Å². The number of nitrogens with zero attached hydrogens (tertiary/aromatic N) is 4. The first-order valence-corrected chi connectivity index (χ1v) is 9.44. The Morgan fingerprint density at radius 2 is 1.96 bits per heavy atom. The Balaban J connectivity index is 1.75. The van der Waals surface area contributed by atoms with Crippen LogP contribution < -0.4 is 0 Å². The fourth-order valence-electron chi connectivity index (χ4n) is 2.83. The highest BCUT2D eigenvalue weighted by atomic mass is 32.2. The molecule has 2 aromatic rings. The monoisotopic (exact) mass is 360 g/mol. The second-order valence-electron chi connectivity index (χ2n) is 7.37. The fraction of sp³-hybridized carbons (Fsp3) is 0.500. The molecular weight excluding hydrogens is 336 g/mol. The Kier molecular flexibility index (Phi) is 5.15. The van der Waals surface area contributed by atoms with Crippen molar-refractivity contribution in [3.05, 3.63) is 29.8 Å². The summed E-state index contributed by atoms with van der Waals surface area (Å²) >= 11 is 1.65. The number of hydrogen-bond donors (Lipinski definition) is 1. The molecule has 1 aliphatic rings. The van der Waals surface area contributed by atoms with Crippen LogP contribution in [0.1, 0.15) is 39.2 Å². The highest BCUT2D eigenvalue weighted by Crippen LogP contribution is 2.30.